The van der Waals surface area contributed by atoms with E-state index in [-0.39, 0.29) is 18.4 Å². The Labute approximate surface area is 92.8 Å². The Morgan fingerprint density at radius 2 is 1.94 bits per heavy atom. The summed E-state index contributed by atoms with van der Waals surface area (Å²) in [6.07, 6.45) is 2.06. The molecule has 1 saturated carbocycles. The zero-order valence-electron chi connectivity index (χ0n) is 8.81. The van der Waals surface area contributed by atoms with Gasteiger partial charge in [-0.05, 0) is 12.8 Å². The van der Waals surface area contributed by atoms with Gasteiger partial charge in [-0.25, -0.2) is 0 Å². The smallest absolute Gasteiger partial charge is 0.315 e. The molecule has 0 spiro atoms. The molecule has 0 aliphatic heterocycles. The standard InChI is InChI=1S/C11H14O5/c1-7(6-12)11(10(15)16)5-3-2-4-8(11)9(13)14/h6,8H,1-5H2,(H,13,14)(H,15,16). The summed E-state index contributed by atoms with van der Waals surface area (Å²) in [6, 6.07) is 0. The summed E-state index contributed by atoms with van der Waals surface area (Å²) in [4.78, 5) is 33.1. The molecular weight excluding hydrogens is 212 g/mol. The molecular formula is C11H14O5. The van der Waals surface area contributed by atoms with Crippen LogP contribution in [0.3, 0.4) is 0 Å². The van der Waals surface area contributed by atoms with Gasteiger partial charge in [-0.15, -0.1) is 0 Å². The van der Waals surface area contributed by atoms with Gasteiger partial charge in [-0.2, -0.15) is 0 Å². The molecule has 0 saturated heterocycles. The molecule has 0 aromatic heterocycles. The maximum Gasteiger partial charge on any atom is 0.315 e. The van der Waals surface area contributed by atoms with Crippen molar-refractivity contribution in [2.75, 3.05) is 0 Å². The Bertz CT molecular complexity index is 346. The minimum atomic E-state index is -1.62. The SMILES string of the molecule is C=C(C=O)C1(C(=O)O)CCCCC1C(=O)O. The van der Waals surface area contributed by atoms with E-state index in [1.165, 1.54) is 0 Å². The van der Waals surface area contributed by atoms with Gasteiger partial charge in [0.05, 0.1) is 5.92 Å². The monoisotopic (exact) mass is 226 g/mol. The Morgan fingerprint density at radius 1 is 1.31 bits per heavy atom. The van der Waals surface area contributed by atoms with Crippen molar-refractivity contribution < 1.29 is 24.6 Å². The van der Waals surface area contributed by atoms with Crippen molar-refractivity contribution in [2.45, 2.75) is 25.7 Å². The summed E-state index contributed by atoms with van der Waals surface area (Å²) < 4.78 is 0. The zero-order chi connectivity index (χ0) is 12.3. The van der Waals surface area contributed by atoms with Gasteiger partial charge in [-0.3, -0.25) is 14.4 Å². The van der Waals surface area contributed by atoms with Crippen LogP contribution in [-0.4, -0.2) is 28.4 Å². The van der Waals surface area contributed by atoms with Crippen LogP contribution in [0.1, 0.15) is 25.7 Å². The second-order valence-corrected chi connectivity index (χ2v) is 4.06. The Morgan fingerprint density at radius 3 is 2.38 bits per heavy atom. The van der Waals surface area contributed by atoms with Crippen LogP contribution in [0.25, 0.3) is 0 Å². The van der Waals surface area contributed by atoms with E-state index in [2.05, 4.69) is 6.58 Å². The molecule has 1 aliphatic rings. The number of carboxylic acid groups (broad SMARTS) is 2. The van der Waals surface area contributed by atoms with E-state index in [0.717, 1.165) is 0 Å². The molecule has 1 aliphatic carbocycles. The van der Waals surface area contributed by atoms with E-state index in [4.69, 9.17) is 5.11 Å². The molecule has 0 radical (unpaired) electrons. The van der Waals surface area contributed by atoms with Crippen LogP contribution in [0.4, 0.5) is 0 Å². The highest BCUT2D eigenvalue weighted by Gasteiger charge is 2.52. The van der Waals surface area contributed by atoms with Gasteiger partial charge in [0.2, 0.25) is 0 Å². The summed E-state index contributed by atoms with van der Waals surface area (Å²) >= 11 is 0. The molecule has 0 amide bonds. The molecule has 0 aromatic rings. The summed E-state index contributed by atoms with van der Waals surface area (Å²) in [6.45, 7) is 3.41. The molecule has 5 heteroatoms. The third-order valence-electron chi connectivity index (χ3n) is 3.30. The minimum absolute atomic E-state index is 0.146. The molecule has 2 N–H and O–H groups in total. The number of carbonyl (C=O) groups is 3. The molecule has 0 heterocycles. The van der Waals surface area contributed by atoms with Crippen LogP contribution in [0.15, 0.2) is 12.2 Å². The fourth-order valence-electron chi connectivity index (χ4n) is 2.39. The van der Waals surface area contributed by atoms with Crippen LogP contribution >= 0.6 is 0 Å². The lowest BCUT2D eigenvalue weighted by molar-refractivity contribution is -0.162. The third-order valence-corrected chi connectivity index (χ3v) is 3.30. The fourth-order valence-corrected chi connectivity index (χ4v) is 2.39. The average molecular weight is 226 g/mol. The lowest BCUT2D eigenvalue weighted by Crippen LogP contribution is -2.46. The van der Waals surface area contributed by atoms with E-state index >= 15 is 0 Å². The molecule has 2 atom stereocenters. The topological polar surface area (TPSA) is 91.7 Å². The maximum atomic E-state index is 11.3. The van der Waals surface area contributed by atoms with E-state index in [1.807, 2.05) is 0 Å². The van der Waals surface area contributed by atoms with Crippen molar-refractivity contribution in [2.24, 2.45) is 11.3 Å². The van der Waals surface area contributed by atoms with Crippen molar-refractivity contribution in [1.82, 2.24) is 0 Å². The predicted octanol–water partition coefficient (Wildman–Crippen LogP) is 1.09. The normalized spacial score (nSPS) is 29.4. The van der Waals surface area contributed by atoms with Crippen LogP contribution in [0, 0.1) is 11.3 Å². The molecule has 0 aromatic carbocycles. The Kier molecular flexibility index (Phi) is 3.47. The van der Waals surface area contributed by atoms with Gasteiger partial charge in [0.25, 0.3) is 0 Å². The Balaban J connectivity index is 3.23. The highest BCUT2D eigenvalue weighted by molar-refractivity contribution is 5.94. The van der Waals surface area contributed by atoms with Crippen LogP contribution in [-0.2, 0) is 14.4 Å². The van der Waals surface area contributed by atoms with Crippen molar-refractivity contribution >= 4 is 18.2 Å². The highest BCUT2D eigenvalue weighted by atomic mass is 16.4. The number of aldehydes is 1. The van der Waals surface area contributed by atoms with E-state index < -0.39 is 23.3 Å². The van der Waals surface area contributed by atoms with Gasteiger partial charge in [0.1, 0.15) is 11.7 Å². The summed E-state index contributed by atoms with van der Waals surface area (Å²) in [5.41, 5.74) is -1.77. The quantitative estimate of drug-likeness (QED) is 0.553. The fraction of sp³-hybridized carbons (Fsp3) is 0.545. The first-order chi connectivity index (χ1) is 7.46. The van der Waals surface area contributed by atoms with E-state index in [0.29, 0.717) is 19.1 Å². The number of hydrogen-bond acceptors (Lipinski definition) is 3. The third kappa shape index (κ3) is 1.73. The van der Waals surface area contributed by atoms with E-state index in [1.54, 1.807) is 0 Å². The second-order valence-electron chi connectivity index (χ2n) is 4.06. The minimum Gasteiger partial charge on any atom is -0.481 e. The van der Waals surface area contributed by atoms with Crippen molar-refractivity contribution in [1.29, 1.82) is 0 Å². The summed E-state index contributed by atoms with van der Waals surface area (Å²) in [5.74, 6) is -3.50. The lowest BCUT2D eigenvalue weighted by atomic mass is 9.62. The van der Waals surface area contributed by atoms with Crippen LogP contribution in [0.5, 0.6) is 0 Å². The largest absolute Gasteiger partial charge is 0.481 e. The van der Waals surface area contributed by atoms with Crippen LogP contribution < -0.4 is 0 Å². The number of carbonyl (C=O) groups excluding carboxylic acids is 1. The first kappa shape index (κ1) is 12.4. The molecule has 5 nitrogen and oxygen atoms in total. The molecule has 0 bridgehead atoms. The zero-order valence-corrected chi connectivity index (χ0v) is 8.81. The number of rotatable bonds is 4. The van der Waals surface area contributed by atoms with E-state index in [9.17, 15) is 19.5 Å². The van der Waals surface area contributed by atoms with Gasteiger partial charge >= 0.3 is 11.9 Å². The number of carboxylic acids is 2. The Hall–Kier alpha value is -1.65. The molecule has 1 rings (SSSR count). The average Bonchev–Trinajstić information content (AvgIpc) is 2.27. The van der Waals surface area contributed by atoms with Gasteiger partial charge in [0.15, 0.2) is 0 Å². The first-order valence-corrected chi connectivity index (χ1v) is 5.07. The van der Waals surface area contributed by atoms with Crippen LogP contribution in [0.2, 0.25) is 0 Å². The highest BCUT2D eigenvalue weighted by Crippen LogP contribution is 2.46. The molecule has 16 heavy (non-hydrogen) atoms. The molecule has 1 fully saturated rings. The maximum absolute atomic E-state index is 11.3. The molecule has 88 valence electrons. The van der Waals surface area contributed by atoms with Gasteiger partial charge < -0.3 is 10.2 Å². The van der Waals surface area contributed by atoms with Crippen molar-refractivity contribution in [3.05, 3.63) is 12.2 Å². The van der Waals surface area contributed by atoms with Crippen molar-refractivity contribution in [3.8, 4) is 0 Å². The predicted molar refractivity (Wildman–Crippen MR) is 54.9 cm³/mol. The van der Waals surface area contributed by atoms with Gasteiger partial charge in [0, 0.05) is 5.57 Å². The number of hydrogen-bond donors (Lipinski definition) is 2. The second kappa shape index (κ2) is 4.47. The summed E-state index contributed by atoms with van der Waals surface area (Å²) in [7, 11) is 0. The molecule has 2 unspecified atom stereocenters. The first-order valence-electron chi connectivity index (χ1n) is 5.07. The lowest BCUT2D eigenvalue weighted by Gasteiger charge is -2.38. The van der Waals surface area contributed by atoms with Gasteiger partial charge in [-0.1, -0.05) is 19.4 Å². The number of aliphatic carboxylic acids is 2. The van der Waals surface area contributed by atoms with Crippen molar-refractivity contribution in [3.63, 3.8) is 0 Å². The summed E-state index contributed by atoms with van der Waals surface area (Å²) in [5, 5.41) is 18.3.